The molecule has 1 aromatic rings. The first-order chi connectivity index (χ1) is 7.42. The van der Waals surface area contributed by atoms with Crippen molar-refractivity contribution in [1.82, 2.24) is 5.32 Å². The lowest BCUT2D eigenvalue weighted by Gasteiger charge is -2.46. The second-order valence-electron chi connectivity index (χ2n) is 4.66. The van der Waals surface area contributed by atoms with Crippen LogP contribution in [-0.2, 0) is 10.2 Å². The molecular formula is C13H17NO. The average Bonchev–Trinajstić information content (AvgIpc) is 2.72. The predicted molar refractivity (Wildman–Crippen MR) is 60.0 cm³/mol. The van der Waals surface area contributed by atoms with Crippen LogP contribution in [0.4, 0.5) is 0 Å². The topological polar surface area (TPSA) is 21.3 Å². The Kier molecular flexibility index (Phi) is 2.26. The van der Waals surface area contributed by atoms with Crippen LogP contribution in [-0.4, -0.2) is 25.8 Å². The predicted octanol–water partition coefficient (Wildman–Crippen LogP) is 1.71. The average molecular weight is 203 g/mol. The van der Waals surface area contributed by atoms with Gasteiger partial charge >= 0.3 is 0 Å². The van der Waals surface area contributed by atoms with Gasteiger partial charge in [0.1, 0.15) is 0 Å². The maximum atomic E-state index is 5.47. The van der Waals surface area contributed by atoms with Crippen LogP contribution < -0.4 is 5.32 Å². The Morgan fingerprint density at radius 1 is 1.20 bits per heavy atom. The van der Waals surface area contributed by atoms with Crippen molar-refractivity contribution in [2.45, 2.75) is 24.3 Å². The maximum absolute atomic E-state index is 5.47. The monoisotopic (exact) mass is 203 g/mol. The molecule has 0 saturated carbocycles. The molecule has 1 atom stereocenters. The molecule has 1 unspecified atom stereocenters. The maximum Gasteiger partial charge on any atom is 0.0600 e. The van der Waals surface area contributed by atoms with Gasteiger partial charge in [0.2, 0.25) is 0 Å². The van der Waals surface area contributed by atoms with Gasteiger partial charge in [-0.2, -0.15) is 0 Å². The summed E-state index contributed by atoms with van der Waals surface area (Å²) in [4.78, 5) is 0. The van der Waals surface area contributed by atoms with Gasteiger partial charge in [-0.3, -0.25) is 0 Å². The standard InChI is InChI=1S/C13H17NO/c1-2-5-11(6-3-1)13(9-15-10-13)12-7-4-8-14-12/h1-3,5-6,12,14H,4,7-10H2. The fraction of sp³-hybridized carbons (Fsp3) is 0.538. The van der Waals surface area contributed by atoms with E-state index in [4.69, 9.17) is 4.74 Å². The van der Waals surface area contributed by atoms with Crippen molar-refractivity contribution in [3.05, 3.63) is 35.9 Å². The van der Waals surface area contributed by atoms with E-state index in [-0.39, 0.29) is 5.41 Å². The second kappa shape index (κ2) is 3.62. The van der Waals surface area contributed by atoms with E-state index in [0.717, 1.165) is 13.2 Å². The van der Waals surface area contributed by atoms with Gasteiger partial charge in [0.15, 0.2) is 0 Å². The molecule has 0 spiro atoms. The third kappa shape index (κ3) is 1.40. The molecule has 2 heteroatoms. The Balaban J connectivity index is 1.92. The van der Waals surface area contributed by atoms with E-state index in [1.165, 1.54) is 24.9 Å². The summed E-state index contributed by atoms with van der Waals surface area (Å²) in [5.41, 5.74) is 1.70. The highest BCUT2D eigenvalue weighted by Gasteiger charge is 2.47. The van der Waals surface area contributed by atoms with Gasteiger partial charge in [0.25, 0.3) is 0 Å². The van der Waals surface area contributed by atoms with Gasteiger partial charge in [-0.15, -0.1) is 0 Å². The molecule has 15 heavy (non-hydrogen) atoms. The number of ether oxygens (including phenoxy) is 1. The SMILES string of the molecule is c1ccc(C2(C3CCCN3)COC2)cc1. The van der Waals surface area contributed by atoms with Crippen LogP contribution in [0.1, 0.15) is 18.4 Å². The number of benzene rings is 1. The third-order valence-electron chi connectivity index (χ3n) is 3.80. The summed E-state index contributed by atoms with van der Waals surface area (Å²) in [6.07, 6.45) is 2.59. The first-order valence-electron chi connectivity index (χ1n) is 5.78. The first kappa shape index (κ1) is 9.37. The molecule has 2 saturated heterocycles. The molecule has 2 heterocycles. The van der Waals surface area contributed by atoms with Gasteiger partial charge in [-0.1, -0.05) is 30.3 Å². The van der Waals surface area contributed by atoms with Crippen molar-refractivity contribution in [1.29, 1.82) is 0 Å². The zero-order valence-corrected chi connectivity index (χ0v) is 8.91. The number of rotatable bonds is 2. The van der Waals surface area contributed by atoms with Crippen LogP contribution in [0.25, 0.3) is 0 Å². The summed E-state index contributed by atoms with van der Waals surface area (Å²) in [7, 11) is 0. The molecular weight excluding hydrogens is 186 g/mol. The van der Waals surface area contributed by atoms with E-state index in [9.17, 15) is 0 Å². The van der Waals surface area contributed by atoms with Gasteiger partial charge in [0.05, 0.1) is 18.6 Å². The zero-order valence-electron chi connectivity index (χ0n) is 8.91. The summed E-state index contributed by atoms with van der Waals surface area (Å²) in [5, 5.41) is 3.62. The highest BCUT2D eigenvalue weighted by atomic mass is 16.5. The smallest absolute Gasteiger partial charge is 0.0600 e. The largest absolute Gasteiger partial charge is 0.379 e. The molecule has 2 nitrogen and oxygen atoms in total. The van der Waals surface area contributed by atoms with Gasteiger partial charge < -0.3 is 10.1 Å². The lowest BCUT2D eigenvalue weighted by atomic mass is 9.72. The molecule has 2 aliphatic rings. The summed E-state index contributed by atoms with van der Waals surface area (Å²) in [6, 6.07) is 11.4. The lowest BCUT2D eigenvalue weighted by molar-refractivity contribution is -0.0760. The van der Waals surface area contributed by atoms with Crippen LogP contribution in [0.3, 0.4) is 0 Å². The lowest BCUT2D eigenvalue weighted by Crippen LogP contribution is -2.58. The van der Waals surface area contributed by atoms with E-state index in [2.05, 4.69) is 35.6 Å². The van der Waals surface area contributed by atoms with E-state index in [1.54, 1.807) is 0 Å². The Morgan fingerprint density at radius 3 is 2.53 bits per heavy atom. The number of hydrogen-bond donors (Lipinski definition) is 1. The van der Waals surface area contributed by atoms with Crippen molar-refractivity contribution in [2.75, 3.05) is 19.8 Å². The highest BCUT2D eigenvalue weighted by molar-refractivity contribution is 5.31. The Hall–Kier alpha value is -0.860. The van der Waals surface area contributed by atoms with Crippen LogP contribution >= 0.6 is 0 Å². The highest BCUT2D eigenvalue weighted by Crippen LogP contribution is 2.38. The van der Waals surface area contributed by atoms with E-state index in [0.29, 0.717) is 6.04 Å². The summed E-state index contributed by atoms with van der Waals surface area (Å²) < 4.78 is 5.47. The fourth-order valence-corrected chi connectivity index (χ4v) is 2.82. The van der Waals surface area contributed by atoms with Crippen LogP contribution in [0.15, 0.2) is 30.3 Å². The molecule has 0 amide bonds. The Labute approximate surface area is 90.6 Å². The van der Waals surface area contributed by atoms with Crippen molar-refractivity contribution in [2.24, 2.45) is 0 Å². The normalized spacial score (nSPS) is 28.7. The van der Waals surface area contributed by atoms with Crippen molar-refractivity contribution < 1.29 is 4.74 Å². The van der Waals surface area contributed by atoms with Crippen molar-refractivity contribution >= 4 is 0 Å². The van der Waals surface area contributed by atoms with E-state index >= 15 is 0 Å². The van der Waals surface area contributed by atoms with E-state index in [1.807, 2.05) is 0 Å². The zero-order chi connectivity index (χ0) is 10.1. The first-order valence-corrected chi connectivity index (χ1v) is 5.78. The van der Waals surface area contributed by atoms with E-state index < -0.39 is 0 Å². The Bertz CT molecular complexity index is 326. The van der Waals surface area contributed by atoms with Gasteiger partial charge in [0, 0.05) is 6.04 Å². The quantitative estimate of drug-likeness (QED) is 0.790. The van der Waals surface area contributed by atoms with Gasteiger partial charge in [-0.05, 0) is 24.9 Å². The minimum absolute atomic E-state index is 0.262. The summed E-state index contributed by atoms with van der Waals surface area (Å²) in [6.45, 7) is 2.93. The third-order valence-corrected chi connectivity index (χ3v) is 3.80. The molecule has 0 aromatic heterocycles. The molecule has 80 valence electrons. The summed E-state index contributed by atoms with van der Waals surface area (Å²) in [5.74, 6) is 0. The molecule has 2 fully saturated rings. The minimum Gasteiger partial charge on any atom is -0.379 e. The molecule has 2 aliphatic heterocycles. The molecule has 0 aliphatic carbocycles. The van der Waals surface area contributed by atoms with Crippen LogP contribution in [0, 0.1) is 0 Å². The fourth-order valence-electron chi connectivity index (χ4n) is 2.82. The minimum atomic E-state index is 0.262. The van der Waals surface area contributed by atoms with Crippen molar-refractivity contribution in [3.63, 3.8) is 0 Å². The van der Waals surface area contributed by atoms with Crippen LogP contribution in [0.2, 0.25) is 0 Å². The molecule has 0 bridgehead atoms. The van der Waals surface area contributed by atoms with Crippen molar-refractivity contribution in [3.8, 4) is 0 Å². The number of hydrogen-bond acceptors (Lipinski definition) is 2. The Morgan fingerprint density at radius 2 is 2.00 bits per heavy atom. The van der Waals surface area contributed by atoms with Crippen LogP contribution in [0.5, 0.6) is 0 Å². The van der Waals surface area contributed by atoms with Gasteiger partial charge in [-0.25, -0.2) is 0 Å². The molecule has 1 N–H and O–H groups in total. The summed E-state index contributed by atoms with van der Waals surface area (Å²) >= 11 is 0. The number of nitrogens with one attached hydrogen (secondary N) is 1. The second-order valence-corrected chi connectivity index (χ2v) is 4.66. The molecule has 0 radical (unpaired) electrons. The molecule has 1 aromatic carbocycles. The molecule has 3 rings (SSSR count).